The van der Waals surface area contributed by atoms with Crippen LogP contribution in [0.5, 0.6) is 0 Å². The second kappa shape index (κ2) is 12.6. The second-order valence-corrected chi connectivity index (χ2v) is 13.4. The van der Waals surface area contributed by atoms with E-state index in [1.807, 2.05) is 38.1 Å². The number of nitrogens with two attached hydrogens (primary N) is 1. The minimum atomic E-state index is -3.61. The molecule has 2 amide bonds. The maximum Gasteiger partial charge on any atom is 0.407 e. The van der Waals surface area contributed by atoms with Gasteiger partial charge in [0.2, 0.25) is 15.9 Å². The van der Waals surface area contributed by atoms with Crippen molar-refractivity contribution in [3.8, 4) is 0 Å². The molecule has 12 heteroatoms. The summed E-state index contributed by atoms with van der Waals surface area (Å²) in [6.07, 6.45) is -0.619. The van der Waals surface area contributed by atoms with Gasteiger partial charge in [0.05, 0.1) is 24.0 Å². The van der Waals surface area contributed by atoms with Crippen LogP contribution in [0.1, 0.15) is 53.0 Å². The number of sulfonamides is 1. The molecule has 10 nitrogen and oxygen atoms in total. The third-order valence-electron chi connectivity index (χ3n) is 6.16. The van der Waals surface area contributed by atoms with Crippen LogP contribution in [0.15, 0.2) is 24.3 Å². The molecule has 3 atom stereocenters. The van der Waals surface area contributed by atoms with Gasteiger partial charge >= 0.3 is 6.09 Å². The fourth-order valence-electron chi connectivity index (χ4n) is 4.07. The van der Waals surface area contributed by atoms with Gasteiger partial charge in [-0.3, -0.25) is 4.79 Å². The molecule has 0 radical (unpaired) electrons. The number of rotatable bonds is 9. The van der Waals surface area contributed by atoms with Gasteiger partial charge in [0.1, 0.15) is 0 Å². The number of para-hydroxylation sites is 1. The lowest BCUT2D eigenvalue weighted by Crippen LogP contribution is -2.51. The molecule has 206 valence electrons. The summed E-state index contributed by atoms with van der Waals surface area (Å²) in [7, 11) is -2.32. The standard InChI is InChI=1S/C24H40N4O6S.ClH/c1-23(2,3)35(32,33)26-14-20(29)18(25)12-24(4,5)13-21(30)28-15-17(27-22(31)34-6)11-16-9-7-8-10-19(16)28;/h7-10,17-18,20,26,29H,11-15,25H2,1-6H3,(H,27,31);1H/t17?,18-,20-;/m0./s1. The number of aliphatic hydroxyl groups is 1. The van der Waals surface area contributed by atoms with Gasteiger partial charge in [-0.25, -0.2) is 17.9 Å². The number of hydrogen-bond acceptors (Lipinski definition) is 7. The van der Waals surface area contributed by atoms with E-state index in [1.54, 1.807) is 25.7 Å². The highest BCUT2D eigenvalue weighted by atomic mass is 35.5. The normalized spacial score (nSPS) is 17.9. The summed E-state index contributed by atoms with van der Waals surface area (Å²) in [5, 5.41) is 13.2. The van der Waals surface area contributed by atoms with Gasteiger partial charge in [-0.2, -0.15) is 0 Å². The number of hydrogen-bond donors (Lipinski definition) is 4. The number of benzene rings is 1. The third kappa shape index (κ3) is 8.58. The third-order valence-corrected chi connectivity index (χ3v) is 8.32. The van der Waals surface area contributed by atoms with Crippen LogP contribution in [-0.4, -0.2) is 68.7 Å². The fraction of sp³-hybridized carbons (Fsp3) is 0.667. The molecule has 0 fully saturated rings. The monoisotopic (exact) mass is 548 g/mol. The van der Waals surface area contributed by atoms with E-state index in [4.69, 9.17) is 10.5 Å². The van der Waals surface area contributed by atoms with E-state index in [2.05, 4.69) is 10.0 Å². The molecular formula is C24H41ClN4O6S. The van der Waals surface area contributed by atoms with Crippen LogP contribution in [0, 0.1) is 5.41 Å². The van der Waals surface area contributed by atoms with E-state index < -0.39 is 38.4 Å². The van der Waals surface area contributed by atoms with Crippen LogP contribution < -0.4 is 20.7 Å². The van der Waals surface area contributed by atoms with Crippen LogP contribution in [0.2, 0.25) is 0 Å². The van der Waals surface area contributed by atoms with E-state index in [-0.39, 0.29) is 37.3 Å². The summed E-state index contributed by atoms with van der Waals surface area (Å²) in [6.45, 7) is 8.59. The Morgan fingerprint density at radius 2 is 1.83 bits per heavy atom. The van der Waals surface area contributed by atoms with Gasteiger partial charge in [0.25, 0.3) is 0 Å². The first kappa shape index (κ1) is 32.1. The lowest BCUT2D eigenvalue weighted by Gasteiger charge is -2.37. The SMILES string of the molecule is COC(=O)NC1Cc2ccccc2N(C(=O)CC(C)(C)C[C@H](N)[C@@H](O)CNS(=O)(=O)C(C)(C)C)C1.Cl. The summed E-state index contributed by atoms with van der Waals surface area (Å²) in [5.41, 5.74) is 7.37. The van der Waals surface area contributed by atoms with Gasteiger partial charge in [-0.05, 0) is 50.7 Å². The van der Waals surface area contributed by atoms with E-state index in [1.165, 1.54) is 7.11 Å². The molecule has 1 aromatic rings. The van der Waals surface area contributed by atoms with Gasteiger partial charge in [-0.1, -0.05) is 32.0 Å². The molecule has 36 heavy (non-hydrogen) atoms. The predicted molar refractivity (Wildman–Crippen MR) is 143 cm³/mol. The second-order valence-electron chi connectivity index (χ2n) is 10.9. The molecular weight excluding hydrogens is 508 g/mol. The number of carbonyl (C=O) groups excluding carboxylic acids is 2. The Labute approximate surface area is 220 Å². The van der Waals surface area contributed by atoms with Crippen molar-refractivity contribution in [2.24, 2.45) is 11.1 Å². The highest BCUT2D eigenvalue weighted by Gasteiger charge is 2.35. The number of fused-ring (bicyclic) bond motifs is 1. The number of halogens is 1. The highest BCUT2D eigenvalue weighted by molar-refractivity contribution is 7.90. The zero-order valence-electron chi connectivity index (χ0n) is 21.9. The van der Waals surface area contributed by atoms with Crippen LogP contribution in [0.4, 0.5) is 10.5 Å². The van der Waals surface area contributed by atoms with Crippen LogP contribution in [-0.2, 0) is 26.0 Å². The molecule has 0 saturated heterocycles. The van der Waals surface area contributed by atoms with Crippen molar-refractivity contribution in [3.05, 3.63) is 29.8 Å². The summed E-state index contributed by atoms with van der Waals surface area (Å²) in [4.78, 5) is 26.8. The number of methoxy groups -OCH3 is 1. The number of nitrogens with one attached hydrogen (secondary N) is 2. The van der Waals surface area contributed by atoms with Crippen LogP contribution in [0.3, 0.4) is 0 Å². The summed E-state index contributed by atoms with van der Waals surface area (Å²) in [6, 6.07) is 6.54. The molecule has 0 bridgehead atoms. The maximum atomic E-state index is 13.4. The van der Waals surface area contributed by atoms with E-state index in [0.29, 0.717) is 19.4 Å². The van der Waals surface area contributed by atoms with E-state index >= 15 is 0 Å². The van der Waals surface area contributed by atoms with Crippen molar-refractivity contribution in [2.75, 3.05) is 25.1 Å². The van der Waals surface area contributed by atoms with Gasteiger partial charge in [0.15, 0.2) is 0 Å². The lowest BCUT2D eigenvalue weighted by atomic mass is 9.80. The number of anilines is 1. The first-order chi connectivity index (χ1) is 16.1. The quantitative estimate of drug-likeness (QED) is 0.368. The number of ether oxygens (including phenoxy) is 1. The van der Waals surface area contributed by atoms with Crippen molar-refractivity contribution in [2.45, 2.75) is 76.8 Å². The number of alkyl carbamates (subject to hydrolysis) is 1. The van der Waals surface area contributed by atoms with E-state index in [0.717, 1.165) is 11.3 Å². The Hall–Kier alpha value is -1.92. The Bertz CT molecular complexity index is 1010. The Morgan fingerprint density at radius 3 is 2.42 bits per heavy atom. The number of aliphatic hydroxyl groups excluding tert-OH is 1. The smallest absolute Gasteiger partial charge is 0.407 e. The molecule has 1 heterocycles. The minimum absolute atomic E-state index is 0. The largest absolute Gasteiger partial charge is 0.453 e. The highest BCUT2D eigenvalue weighted by Crippen LogP contribution is 2.32. The Kier molecular flexibility index (Phi) is 11.2. The first-order valence-corrected chi connectivity index (χ1v) is 13.2. The van der Waals surface area contributed by atoms with E-state index in [9.17, 15) is 23.1 Å². The van der Waals surface area contributed by atoms with Crippen LogP contribution in [0.25, 0.3) is 0 Å². The molecule has 1 unspecified atom stereocenters. The van der Waals surface area contributed by atoms with Crippen LogP contribution >= 0.6 is 12.4 Å². The molecule has 0 spiro atoms. The van der Waals surface area contributed by atoms with Gasteiger partial charge in [0, 0.05) is 31.2 Å². The van der Waals surface area contributed by atoms with Crippen molar-refractivity contribution in [1.29, 1.82) is 0 Å². The van der Waals surface area contributed by atoms with Crippen molar-refractivity contribution in [3.63, 3.8) is 0 Å². The summed E-state index contributed by atoms with van der Waals surface area (Å²) >= 11 is 0. The molecule has 0 aromatic heterocycles. The number of nitrogens with zero attached hydrogens (tertiary/aromatic N) is 1. The zero-order chi connectivity index (χ0) is 26.6. The molecule has 1 aliphatic rings. The molecule has 2 rings (SSSR count). The topological polar surface area (TPSA) is 151 Å². The minimum Gasteiger partial charge on any atom is -0.453 e. The molecule has 1 aliphatic heterocycles. The first-order valence-electron chi connectivity index (χ1n) is 11.7. The van der Waals surface area contributed by atoms with Gasteiger partial charge < -0.3 is 25.8 Å². The Morgan fingerprint density at radius 1 is 1.22 bits per heavy atom. The number of amides is 2. The average Bonchev–Trinajstić information content (AvgIpc) is 2.75. The van der Waals surface area contributed by atoms with Crippen molar-refractivity contribution >= 4 is 40.1 Å². The van der Waals surface area contributed by atoms with Gasteiger partial charge in [-0.15, -0.1) is 12.4 Å². The maximum absolute atomic E-state index is 13.4. The predicted octanol–water partition coefficient (Wildman–Crippen LogP) is 1.93. The summed E-state index contributed by atoms with van der Waals surface area (Å²) in [5.74, 6) is -0.131. The molecule has 0 saturated carbocycles. The lowest BCUT2D eigenvalue weighted by molar-refractivity contribution is -0.120. The molecule has 5 N–H and O–H groups in total. The number of carbonyl (C=O) groups is 2. The average molecular weight is 549 g/mol. The van der Waals surface area contributed by atoms with Crippen molar-refractivity contribution in [1.82, 2.24) is 10.0 Å². The molecule has 0 aliphatic carbocycles. The Balaban J connectivity index is 0.00000648. The summed E-state index contributed by atoms with van der Waals surface area (Å²) < 4.78 is 30.6. The van der Waals surface area contributed by atoms with Crippen molar-refractivity contribution < 1.29 is 27.9 Å². The fourth-order valence-corrected chi connectivity index (χ4v) is 4.89. The zero-order valence-corrected chi connectivity index (χ0v) is 23.5. The molecule has 1 aromatic carbocycles.